The molecule has 248 valence electrons. The number of benzene rings is 3. The van der Waals surface area contributed by atoms with E-state index < -0.39 is 0 Å². The summed E-state index contributed by atoms with van der Waals surface area (Å²) in [5, 5.41) is 3.65. The molecular weight excluding hydrogens is 621 g/mol. The van der Waals surface area contributed by atoms with Gasteiger partial charge in [0.25, 0.3) is 0 Å². The zero-order valence-electron chi connectivity index (χ0n) is 28.7. The van der Waals surface area contributed by atoms with E-state index in [9.17, 15) is 0 Å². The molecule has 0 radical (unpaired) electrons. The monoisotopic (exact) mass is 660 g/mol. The van der Waals surface area contributed by atoms with Crippen molar-refractivity contribution in [2.45, 2.75) is 50.2 Å². The normalized spacial score (nSPS) is 26.4. The average molecular weight is 661 g/mol. The van der Waals surface area contributed by atoms with Gasteiger partial charge in [-0.3, -0.25) is 4.90 Å². The van der Waals surface area contributed by atoms with Gasteiger partial charge < -0.3 is 8.98 Å². The van der Waals surface area contributed by atoms with Crippen molar-refractivity contribution in [2.24, 2.45) is 11.8 Å². The first-order valence-electron chi connectivity index (χ1n) is 18.8. The number of rotatable bonds is 4. The molecule has 5 aromatic rings. The lowest BCUT2D eigenvalue weighted by molar-refractivity contribution is 0.191. The van der Waals surface area contributed by atoms with Crippen LogP contribution in [-0.2, 0) is 6.42 Å². The van der Waals surface area contributed by atoms with Crippen LogP contribution >= 0.6 is 0 Å². The predicted molar refractivity (Wildman–Crippen MR) is 212 cm³/mol. The maximum Gasteiger partial charge on any atom is 0.159 e. The Kier molecular flexibility index (Phi) is 6.67. The third kappa shape index (κ3) is 4.54. The zero-order chi connectivity index (χ0) is 33.5. The summed E-state index contributed by atoms with van der Waals surface area (Å²) in [6.45, 7) is 0. The molecule has 51 heavy (non-hydrogen) atoms. The largest absolute Gasteiger partial charge is 0.454 e. The molecule has 3 aromatic carbocycles. The van der Waals surface area contributed by atoms with Crippen LogP contribution in [0.4, 0.5) is 0 Å². The molecule has 1 saturated heterocycles. The summed E-state index contributed by atoms with van der Waals surface area (Å²) < 4.78 is 9.03. The van der Waals surface area contributed by atoms with Crippen LogP contribution in [0.25, 0.3) is 50.2 Å². The van der Waals surface area contributed by atoms with Crippen LogP contribution in [0, 0.1) is 11.8 Å². The summed E-state index contributed by atoms with van der Waals surface area (Å²) in [6, 6.07) is 23.3. The van der Waals surface area contributed by atoms with Crippen molar-refractivity contribution in [1.82, 2.24) is 9.47 Å². The second kappa shape index (κ2) is 11.6. The molecule has 0 spiro atoms. The van der Waals surface area contributed by atoms with Crippen molar-refractivity contribution < 1.29 is 4.42 Å². The molecule has 0 bridgehead atoms. The summed E-state index contributed by atoms with van der Waals surface area (Å²) in [4.78, 5) is 2.81. The summed E-state index contributed by atoms with van der Waals surface area (Å²) in [6.07, 6.45) is 41.1. The molecule has 3 heterocycles. The predicted octanol–water partition coefficient (Wildman–Crippen LogP) is 11.4. The van der Waals surface area contributed by atoms with Crippen LogP contribution < -0.4 is 0 Å². The van der Waals surface area contributed by atoms with Gasteiger partial charge >= 0.3 is 0 Å². The topological polar surface area (TPSA) is 21.3 Å². The molecule has 5 atom stereocenters. The van der Waals surface area contributed by atoms with Gasteiger partial charge in [0.05, 0.1) is 11.2 Å². The van der Waals surface area contributed by atoms with Crippen LogP contribution in [0.1, 0.15) is 42.5 Å². The van der Waals surface area contributed by atoms with E-state index in [0.29, 0.717) is 30.0 Å². The minimum absolute atomic E-state index is 0.371. The molecule has 3 heteroatoms. The number of nitrogens with zero attached hydrogens (tertiary/aromatic N) is 2. The van der Waals surface area contributed by atoms with Crippen LogP contribution in [0.5, 0.6) is 0 Å². The third-order valence-corrected chi connectivity index (χ3v) is 12.3. The van der Waals surface area contributed by atoms with Gasteiger partial charge in [0.1, 0.15) is 5.58 Å². The number of furan rings is 1. The van der Waals surface area contributed by atoms with Crippen molar-refractivity contribution in [3.8, 4) is 5.69 Å². The lowest BCUT2D eigenvalue weighted by atomic mass is 9.80. The van der Waals surface area contributed by atoms with Crippen molar-refractivity contribution in [3.63, 3.8) is 0 Å². The Morgan fingerprint density at radius 2 is 1.55 bits per heavy atom. The first kappa shape index (κ1) is 29.4. The van der Waals surface area contributed by atoms with Crippen molar-refractivity contribution in [2.75, 3.05) is 0 Å². The van der Waals surface area contributed by atoms with Crippen LogP contribution in [0.3, 0.4) is 0 Å². The fourth-order valence-electron chi connectivity index (χ4n) is 9.99. The second-order valence-corrected chi connectivity index (χ2v) is 15.0. The average Bonchev–Trinajstić information content (AvgIpc) is 3.86. The molecule has 3 nitrogen and oxygen atoms in total. The van der Waals surface area contributed by atoms with E-state index in [2.05, 4.69) is 161 Å². The molecule has 0 saturated carbocycles. The van der Waals surface area contributed by atoms with Crippen molar-refractivity contribution in [3.05, 3.63) is 174 Å². The minimum Gasteiger partial charge on any atom is -0.454 e. The van der Waals surface area contributed by atoms with Crippen LogP contribution in [0.2, 0.25) is 0 Å². The minimum atomic E-state index is 0.371. The zero-order valence-corrected chi connectivity index (χ0v) is 28.7. The highest BCUT2D eigenvalue weighted by atomic mass is 16.3. The number of allylic oxidation sites excluding steroid dienone is 11. The van der Waals surface area contributed by atoms with Crippen LogP contribution in [0.15, 0.2) is 161 Å². The Balaban J connectivity index is 0.974. The summed E-state index contributed by atoms with van der Waals surface area (Å²) in [7, 11) is 0. The van der Waals surface area contributed by atoms with E-state index in [4.69, 9.17) is 4.42 Å². The molecule has 0 amide bonds. The number of fused-ring (bicyclic) bond motifs is 9. The van der Waals surface area contributed by atoms with Gasteiger partial charge in [0, 0.05) is 57.4 Å². The standard InChI is InChI=1S/C48H40N2O/c1-2-12-31(13-3-1)32-14-10-15-35(28-32)49-42-20-7-4-16-36(42)40-29-33(24-26-44(40)49)34-25-27-45-41(30-34)37-17-5-8-21-43(37)50(45)46-22-11-19-39-38-18-6-9-23-47(38)51-48(39)46/h1-2,4-7,9-12,14-20,22-27,29-30,35-36,40,42,44H,3,8,13,21,28H2. The van der Waals surface area contributed by atoms with Gasteiger partial charge in [0.15, 0.2) is 5.58 Å². The molecular formula is C48H40N2O. The molecule has 5 unspecified atom stereocenters. The van der Waals surface area contributed by atoms with Gasteiger partial charge in [0.2, 0.25) is 0 Å². The number of likely N-dealkylation sites (tertiary alicyclic amines) is 1. The fourth-order valence-corrected chi connectivity index (χ4v) is 9.99. The first-order valence-corrected chi connectivity index (χ1v) is 18.8. The van der Waals surface area contributed by atoms with Gasteiger partial charge in [-0.2, -0.15) is 0 Å². The van der Waals surface area contributed by atoms with E-state index in [1.807, 2.05) is 0 Å². The highest BCUT2D eigenvalue weighted by Gasteiger charge is 2.48. The fraction of sp³-hybridized carbons (Fsp3) is 0.208. The molecule has 11 rings (SSSR count). The van der Waals surface area contributed by atoms with Crippen LogP contribution in [-0.4, -0.2) is 27.6 Å². The highest BCUT2D eigenvalue weighted by Crippen LogP contribution is 2.47. The van der Waals surface area contributed by atoms with Gasteiger partial charge in [-0.25, -0.2) is 0 Å². The Hall–Kier alpha value is -5.38. The lowest BCUT2D eigenvalue weighted by Crippen LogP contribution is -2.44. The van der Waals surface area contributed by atoms with E-state index in [0.717, 1.165) is 49.0 Å². The molecule has 1 fully saturated rings. The van der Waals surface area contributed by atoms with Crippen molar-refractivity contribution >= 4 is 44.5 Å². The maximum atomic E-state index is 6.55. The second-order valence-electron chi connectivity index (χ2n) is 15.0. The Morgan fingerprint density at radius 3 is 2.51 bits per heavy atom. The Labute approximate surface area is 298 Å². The van der Waals surface area contributed by atoms with Crippen molar-refractivity contribution in [1.29, 1.82) is 0 Å². The number of aromatic nitrogens is 1. The number of hydrogen-bond donors (Lipinski definition) is 0. The molecule has 1 aliphatic heterocycles. The SMILES string of the molecule is C1=CCCC(C2=CC=CC(N3C4C=CC=CC4C4C=C(c5ccc6c(c5)c5c(n6-c6cccc7c6oc6ccccc67)CCC=C5)C=CC43)C2)=C1. The highest BCUT2D eigenvalue weighted by molar-refractivity contribution is 6.08. The molecule has 5 aliphatic carbocycles. The first-order chi connectivity index (χ1) is 25.3. The van der Waals surface area contributed by atoms with Gasteiger partial charge in [-0.15, -0.1) is 0 Å². The summed E-state index contributed by atoms with van der Waals surface area (Å²) in [5.74, 6) is 0.889. The summed E-state index contributed by atoms with van der Waals surface area (Å²) >= 11 is 0. The Bertz CT molecular complexity index is 2550. The summed E-state index contributed by atoms with van der Waals surface area (Å²) in [5.41, 5.74) is 12.6. The van der Waals surface area contributed by atoms with E-state index in [1.54, 1.807) is 0 Å². The Morgan fingerprint density at radius 1 is 0.667 bits per heavy atom. The van der Waals surface area contributed by atoms with E-state index in [-0.39, 0.29) is 0 Å². The molecule has 6 aliphatic rings. The van der Waals surface area contributed by atoms with E-state index >= 15 is 0 Å². The third-order valence-electron chi connectivity index (χ3n) is 12.3. The van der Waals surface area contributed by atoms with Gasteiger partial charge in [-0.05, 0) is 78.7 Å². The van der Waals surface area contributed by atoms with Gasteiger partial charge in [-0.1, -0.05) is 128 Å². The molecule has 2 aromatic heterocycles. The number of para-hydroxylation sites is 2. The smallest absolute Gasteiger partial charge is 0.159 e. The molecule has 0 N–H and O–H groups in total. The maximum absolute atomic E-state index is 6.55. The quantitative estimate of drug-likeness (QED) is 0.191. The lowest BCUT2D eigenvalue weighted by Gasteiger charge is -2.37. The number of hydrogen-bond acceptors (Lipinski definition) is 2. The van der Waals surface area contributed by atoms with E-state index in [1.165, 1.54) is 55.2 Å².